The van der Waals surface area contributed by atoms with E-state index in [0.717, 1.165) is 12.1 Å². The summed E-state index contributed by atoms with van der Waals surface area (Å²) < 4.78 is 17.6. The highest BCUT2D eigenvalue weighted by molar-refractivity contribution is 9.11. The van der Waals surface area contributed by atoms with Crippen molar-refractivity contribution in [3.63, 3.8) is 0 Å². The molecule has 0 spiro atoms. The van der Waals surface area contributed by atoms with E-state index < -0.39 is 17.5 Å². The van der Waals surface area contributed by atoms with Crippen LogP contribution in [0.15, 0.2) is 27.5 Å². The second-order valence-corrected chi connectivity index (χ2v) is 11.1. The molecule has 0 aliphatic carbocycles. The number of ether oxygens (including phenoxy) is 3. The minimum absolute atomic E-state index is 0.300. The van der Waals surface area contributed by atoms with Crippen molar-refractivity contribution >= 4 is 56.3 Å². The Morgan fingerprint density at radius 1 is 1.26 bits per heavy atom. The first-order valence-corrected chi connectivity index (χ1v) is 12.7. The lowest BCUT2D eigenvalue weighted by molar-refractivity contribution is -0.161. The number of amides is 2. The average Bonchev–Trinajstić information content (AvgIpc) is 3.40. The van der Waals surface area contributed by atoms with Crippen LogP contribution in [0.25, 0.3) is 0 Å². The number of thiazole rings is 1. The van der Waals surface area contributed by atoms with Gasteiger partial charge in [-0.1, -0.05) is 6.92 Å². The number of nitrogens with zero attached hydrogens (tertiary/aromatic N) is 2. The van der Waals surface area contributed by atoms with E-state index in [-0.39, 0.29) is 5.91 Å². The van der Waals surface area contributed by atoms with E-state index in [9.17, 15) is 9.59 Å². The molecule has 0 unspecified atom stereocenters. The van der Waals surface area contributed by atoms with E-state index in [4.69, 9.17) is 14.2 Å². The molecule has 1 fully saturated rings. The van der Waals surface area contributed by atoms with Crippen LogP contribution in [0.3, 0.4) is 0 Å². The summed E-state index contributed by atoms with van der Waals surface area (Å²) in [6.07, 6.45) is 0.849. The van der Waals surface area contributed by atoms with E-state index in [1.54, 1.807) is 38.3 Å². The molecule has 0 atom stereocenters. The maximum Gasteiger partial charge on any atom is 0.412 e. The van der Waals surface area contributed by atoms with Crippen LogP contribution in [0.5, 0.6) is 0 Å². The van der Waals surface area contributed by atoms with Gasteiger partial charge in [0.2, 0.25) is 0 Å². The lowest BCUT2D eigenvalue weighted by atomic mass is 10.1. The summed E-state index contributed by atoms with van der Waals surface area (Å²) in [7, 11) is 1.93. The van der Waals surface area contributed by atoms with E-state index in [1.807, 2.05) is 24.9 Å². The Morgan fingerprint density at radius 2 is 1.97 bits per heavy atom. The molecule has 186 valence electrons. The molecule has 2 amide bonds. The molecule has 34 heavy (non-hydrogen) atoms. The van der Waals surface area contributed by atoms with Crippen molar-refractivity contribution in [2.45, 2.75) is 51.9 Å². The molecule has 0 saturated carbocycles. The highest BCUT2D eigenvalue weighted by Crippen LogP contribution is 2.32. The maximum atomic E-state index is 12.8. The van der Waals surface area contributed by atoms with Gasteiger partial charge in [-0.15, -0.1) is 11.3 Å². The summed E-state index contributed by atoms with van der Waals surface area (Å²) in [5.74, 6) is -0.929. The number of carbonyl (C=O) groups is 2. The van der Waals surface area contributed by atoms with Crippen molar-refractivity contribution < 1.29 is 23.8 Å². The number of carbonyl (C=O) groups excluding carboxylic acids is 2. The molecule has 1 aromatic carbocycles. The van der Waals surface area contributed by atoms with Gasteiger partial charge in [0.15, 0.2) is 9.70 Å². The SMILES string of the molecule is CCC1(CCN(C)c2ccc(NC(=O)OC(C)(C)C)cc2NC(=O)c2csc(Br)n2)OCCO1. The summed E-state index contributed by atoms with van der Waals surface area (Å²) in [5, 5.41) is 7.32. The number of halogens is 1. The lowest BCUT2D eigenvalue weighted by Gasteiger charge is -2.30. The van der Waals surface area contributed by atoms with Gasteiger partial charge in [0, 0.05) is 31.1 Å². The molecular formula is C23H31BrN4O5S. The van der Waals surface area contributed by atoms with Crippen LogP contribution in [0.4, 0.5) is 21.9 Å². The van der Waals surface area contributed by atoms with E-state index >= 15 is 0 Å². The van der Waals surface area contributed by atoms with Gasteiger partial charge in [-0.25, -0.2) is 9.78 Å². The maximum absolute atomic E-state index is 12.8. The first kappa shape index (κ1) is 26.4. The topological polar surface area (TPSA) is 102 Å². The zero-order valence-corrected chi connectivity index (χ0v) is 22.5. The Hall–Kier alpha value is -2.21. The fourth-order valence-electron chi connectivity index (χ4n) is 3.49. The van der Waals surface area contributed by atoms with Gasteiger partial charge in [0.1, 0.15) is 11.3 Å². The minimum atomic E-state index is -0.626. The first-order chi connectivity index (χ1) is 16.0. The number of hydrogen-bond acceptors (Lipinski definition) is 8. The Balaban J connectivity index is 1.81. The summed E-state index contributed by atoms with van der Waals surface area (Å²) in [5.41, 5.74) is 1.48. The summed E-state index contributed by atoms with van der Waals surface area (Å²) in [6, 6.07) is 5.31. The van der Waals surface area contributed by atoms with Crippen LogP contribution in [0.2, 0.25) is 0 Å². The van der Waals surface area contributed by atoms with Crippen molar-refractivity contribution in [3.8, 4) is 0 Å². The number of rotatable bonds is 8. The fourth-order valence-corrected chi connectivity index (χ4v) is 4.48. The van der Waals surface area contributed by atoms with Crippen LogP contribution in [0, 0.1) is 0 Å². The van der Waals surface area contributed by atoms with Crippen LogP contribution in [0.1, 0.15) is 51.0 Å². The molecule has 2 N–H and O–H groups in total. The molecule has 1 aliphatic heterocycles. The predicted molar refractivity (Wildman–Crippen MR) is 137 cm³/mol. The largest absolute Gasteiger partial charge is 0.444 e. The van der Waals surface area contributed by atoms with Crippen LogP contribution < -0.4 is 15.5 Å². The average molecular weight is 555 g/mol. The third-order valence-electron chi connectivity index (χ3n) is 5.19. The van der Waals surface area contributed by atoms with E-state index in [0.29, 0.717) is 47.2 Å². The van der Waals surface area contributed by atoms with Gasteiger partial charge in [0.25, 0.3) is 5.91 Å². The third kappa shape index (κ3) is 7.14. The third-order valence-corrected chi connectivity index (χ3v) is 6.56. The summed E-state index contributed by atoms with van der Waals surface area (Å²) >= 11 is 4.61. The number of aromatic nitrogens is 1. The number of benzene rings is 1. The molecule has 1 aromatic heterocycles. The number of anilines is 3. The normalized spacial score (nSPS) is 15.1. The highest BCUT2D eigenvalue weighted by Gasteiger charge is 2.34. The Bertz CT molecular complexity index is 1020. The van der Waals surface area contributed by atoms with Gasteiger partial charge in [-0.2, -0.15) is 0 Å². The van der Waals surface area contributed by atoms with Crippen molar-refractivity contribution in [2.75, 3.05) is 42.3 Å². The quantitative estimate of drug-likeness (QED) is 0.445. The van der Waals surface area contributed by atoms with Gasteiger partial charge < -0.3 is 24.4 Å². The Labute approximate surface area is 212 Å². The van der Waals surface area contributed by atoms with Gasteiger partial charge >= 0.3 is 6.09 Å². The molecule has 2 heterocycles. The molecule has 2 aromatic rings. The summed E-state index contributed by atoms with van der Waals surface area (Å²) in [6.45, 7) is 9.24. The second-order valence-electron chi connectivity index (χ2n) is 8.93. The van der Waals surface area contributed by atoms with E-state index in [1.165, 1.54) is 11.3 Å². The van der Waals surface area contributed by atoms with E-state index in [2.05, 4.69) is 31.5 Å². The molecule has 1 aliphatic rings. The number of hydrogen-bond donors (Lipinski definition) is 2. The molecule has 1 saturated heterocycles. The molecule has 3 rings (SSSR count). The van der Waals surface area contributed by atoms with Gasteiger partial charge in [-0.05, 0) is 61.3 Å². The molecule has 11 heteroatoms. The standard InChI is InChI=1S/C23H31BrN4O5S/c1-6-23(31-11-12-32-23)9-10-28(5)18-8-7-15(25-21(30)33-22(2,3)4)13-16(18)26-19(29)17-14-34-20(24)27-17/h7-8,13-14H,6,9-12H2,1-5H3,(H,25,30)(H,26,29). The van der Waals surface area contributed by atoms with Crippen molar-refractivity contribution in [2.24, 2.45) is 0 Å². The van der Waals surface area contributed by atoms with Crippen molar-refractivity contribution in [1.82, 2.24) is 4.98 Å². The van der Waals surface area contributed by atoms with Gasteiger partial charge in [-0.3, -0.25) is 10.1 Å². The first-order valence-electron chi connectivity index (χ1n) is 11.1. The Morgan fingerprint density at radius 3 is 2.56 bits per heavy atom. The highest BCUT2D eigenvalue weighted by atomic mass is 79.9. The molecule has 0 radical (unpaired) electrons. The van der Waals surface area contributed by atoms with Crippen LogP contribution in [-0.2, 0) is 14.2 Å². The van der Waals surface area contributed by atoms with Gasteiger partial charge in [0.05, 0.1) is 24.6 Å². The lowest BCUT2D eigenvalue weighted by Crippen LogP contribution is -2.34. The second kappa shape index (κ2) is 11.0. The molecular weight excluding hydrogens is 524 g/mol. The molecule has 9 nitrogen and oxygen atoms in total. The smallest absolute Gasteiger partial charge is 0.412 e. The monoisotopic (exact) mass is 554 g/mol. The number of nitrogens with one attached hydrogen (secondary N) is 2. The van der Waals surface area contributed by atoms with Crippen LogP contribution >= 0.6 is 27.3 Å². The zero-order valence-electron chi connectivity index (χ0n) is 20.1. The fraction of sp³-hybridized carbons (Fsp3) is 0.522. The van der Waals surface area contributed by atoms with Crippen molar-refractivity contribution in [3.05, 3.63) is 33.2 Å². The predicted octanol–water partition coefficient (Wildman–Crippen LogP) is 5.48. The molecule has 0 bridgehead atoms. The zero-order chi connectivity index (χ0) is 24.9. The summed E-state index contributed by atoms with van der Waals surface area (Å²) in [4.78, 5) is 31.3. The minimum Gasteiger partial charge on any atom is -0.444 e. The Kier molecular flexibility index (Phi) is 8.56. The van der Waals surface area contributed by atoms with Crippen LogP contribution in [-0.4, -0.2) is 55.2 Å². The van der Waals surface area contributed by atoms with Crippen molar-refractivity contribution in [1.29, 1.82) is 0 Å².